The number of nitrogens with zero attached hydrogens (tertiary/aromatic N) is 11. The topological polar surface area (TPSA) is 300 Å². The number of rotatable bonds is 35. The summed E-state index contributed by atoms with van der Waals surface area (Å²) in [4.78, 5) is 150. The summed E-state index contributed by atoms with van der Waals surface area (Å²) < 4.78 is 33.0. The Hall–Kier alpha value is -15.1. The first-order valence-corrected chi connectivity index (χ1v) is 49.0. The van der Waals surface area contributed by atoms with Crippen molar-refractivity contribution in [3.05, 3.63) is 350 Å². The molecule has 3 saturated heterocycles. The van der Waals surface area contributed by atoms with Crippen LogP contribution in [-0.4, -0.2) is 233 Å². The van der Waals surface area contributed by atoms with Crippen LogP contribution in [0.4, 0.5) is 17.1 Å². The zero-order chi connectivity index (χ0) is 99.5. The third kappa shape index (κ3) is 22.3. The molecule has 3 aromatic heterocycles. The Bertz CT molecular complexity index is 6450. The Morgan fingerprint density at radius 3 is 1.01 bits per heavy atom. The summed E-state index contributed by atoms with van der Waals surface area (Å²) in [6.07, 6.45) is 8.24. The molecule has 6 aliphatic heterocycles. The van der Waals surface area contributed by atoms with E-state index in [9.17, 15) is 43.2 Å². The fourth-order valence-electron chi connectivity index (χ4n) is 19.9. The van der Waals surface area contributed by atoms with Gasteiger partial charge in [0.05, 0.1) is 129 Å². The number of carbonyl (C=O) groups is 9. The summed E-state index contributed by atoms with van der Waals surface area (Å²) in [5.41, 5.74) is 12.4. The number of amides is 9. The molecule has 734 valence electrons. The second kappa shape index (κ2) is 46.8. The lowest BCUT2D eigenvalue weighted by atomic mass is 9.99. The predicted octanol–water partition coefficient (Wildman–Crippen LogP) is 15.9. The number of hydrogen-bond donors (Lipinski definition) is 3. The number of piperazine rings is 3. The molecule has 6 aliphatic rings. The number of carbonyl (C=O) groups excluding carboxylic acids is 9. The SMILES string of the molecule is COc1ccc(C(CCCNC(=O)c2cccs2)N2C(=O)c3cccc(N4CCN([C@H](C)c5ccccc5)CC4)c3C2=O)cc1OC.COc1ccc(C(CCNC(=O)Cc2ccncc2)N2C(=O)c3cccc(N4CCN([C@H](C)c5ccccc5)CC4)c3C2=O)cc1OC.COc1ccc(C(CNC(=O)Cc2ccncc2)N2C(=O)c3cccc(N4CCN([C@H](C)c5ccccc5)CC4)c3C2=O)cc1OC. The number of hydrogen-bond acceptors (Lipinski definition) is 24. The molecule has 142 heavy (non-hydrogen) atoms. The molecule has 0 saturated carbocycles. The maximum Gasteiger partial charge on any atom is 0.264 e. The van der Waals surface area contributed by atoms with Crippen molar-refractivity contribution in [1.82, 2.24) is 55.3 Å². The van der Waals surface area contributed by atoms with Gasteiger partial charge in [-0.25, -0.2) is 0 Å². The predicted molar refractivity (Wildman–Crippen MR) is 546 cm³/mol. The quantitative estimate of drug-likeness (QED) is 0.0245. The molecule has 0 aliphatic carbocycles. The molecule has 0 bridgehead atoms. The maximum atomic E-state index is 14.4. The van der Waals surface area contributed by atoms with E-state index in [1.54, 1.807) is 145 Å². The Morgan fingerprint density at radius 2 is 0.669 bits per heavy atom. The van der Waals surface area contributed by atoms with Gasteiger partial charge in [-0.15, -0.1) is 11.3 Å². The first-order chi connectivity index (χ1) is 69.2. The van der Waals surface area contributed by atoms with E-state index in [1.165, 1.54) is 49.8 Å². The van der Waals surface area contributed by atoms with Crippen LogP contribution in [-0.2, 0) is 22.4 Å². The highest BCUT2D eigenvalue weighted by Gasteiger charge is 2.48. The molecule has 9 amide bonds. The number of fused-ring (bicyclic) bond motifs is 3. The number of imide groups is 3. The summed E-state index contributed by atoms with van der Waals surface area (Å²) in [7, 11) is 9.31. The molecular weight excluding hydrogens is 1810 g/mol. The van der Waals surface area contributed by atoms with E-state index in [1.807, 2.05) is 84.2 Å². The van der Waals surface area contributed by atoms with E-state index in [4.69, 9.17) is 28.4 Å². The molecule has 3 fully saturated rings. The van der Waals surface area contributed by atoms with Crippen LogP contribution in [0.25, 0.3) is 0 Å². The fraction of sp³-hybridized carbons (Fsp3) is 0.312. The number of benzene rings is 9. The van der Waals surface area contributed by atoms with Crippen LogP contribution in [0.5, 0.6) is 34.5 Å². The Labute approximate surface area is 832 Å². The van der Waals surface area contributed by atoms with Gasteiger partial charge in [0, 0.05) is 141 Å². The fourth-order valence-corrected chi connectivity index (χ4v) is 20.5. The lowest BCUT2D eigenvalue weighted by Crippen LogP contribution is -2.47. The minimum atomic E-state index is -0.792. The second-order valence-corrected chi connectivity index (χ2v) is 36.6. The summed E-state index contributed by atoms with van der Waals surface area (Å²) in [5.74, 6) is 0.460. The normalized spacial score (nSPS) is 16.1. The molecule has 6 atom stereocenters. The molecule has 29 nitrogen and oxygen atoms in total. The monoisotopic (exact) mass is 1930 g/mol. The average Bonchev–Trinajstić information content (AvgIpc) is 1.60. The largest absolute Gasteiger partial charge is 0.493 e. The van der Waals surface area contributed by atoms with Crippen LogP contribution in [0.2, 0.25) is 0 Å². The Kier molecular flexibility index (Phi) is 32.9. The van der Waals surface area contributed by atoms with Crippen LogP contribution >= 0.6 is 11.3 Å². The van der Waals surface area contributed by atoms with Crippen LogP contribution in [0.3, 0.4) is 0 Å². The van der Waals surface area contributed by atoms with Gasteiger partial charge in [-0.05, 0) is 193 Å². The molecule has 9 heterocycles. The number of nitrogens with one attached hydrogen (secondary N) is 3. The Balaban J connectivity index is 0.000000153. The molecule has 0 spiro atoms. The number of aromatic nitrogens is 2. The van der Waals surface area contributed by atoms with Gasteiger partial charge < -0.3 is 59.1 Å². The van der Waals surface area contributed by atoms with Crippen molar-refractivity contribution in [1.29, 1.82) is 0 Å². The third-order valence-electron chi connectivity index (χ3n) is 27.7. The minimum absolute atomic E-state index is 0.0241. The highest BCUT2D eigenvalue weighted by Crippen LogP contribution is 2.46. The van der Waals surface area contributed by atoms with Crippen molar-refractivity contribution >= 4 is 81.6 Å². The highest BCUT2D eigenvalue weighted by molar-refractivity contribution is 7.12. The lowest BCUT2D eigenvalue weighted by molar-refractivity contribution is -0.121. The van der Waals surface area contributed by atoms with Gasteiger partial charge in [-0.2, -0.15) is 0 Å². The Morgan fingerprint density at radius 1 is 0.331 bits per heavy atom. The zero-order valence-electron chi connectivity index (χ0n) is 81.5. The van der Waals surface area contributed by atoms with Crippen LogP contribution in [0.1, 0.15) is 193 Å². The van der Waals surface area contributed by atoms with E-state index in [2.05, 4.69) is 149 Å². The molecule has 18 rings (SSSR count). The number of ether oxygens (including phenoxy) is 6. The molecule has 9 aromatic carbocycles. The van der Waals surface area contributed by atoms with E-state index in [0.29, 0.717) is 110 Å². The summed E-state index contributed by atoms with van der Waals surface area (Å²) >= 11 is 1.39. The van der Waals surface area contributed by atoms with Gasteiger partial charge in [0.25, 0.3) is 41.4 Å². The van der Waals surface area contributed by atoms with Crippen molar-refractivity contribution < 1.29 is 71.6 Å². The van der Waals surface area contributed by atoms with Crippen molar-refractivity contribution in [3.63, 3.8) is 0 Å². The molecule has 3 N–H and O–H groups in total. The summed E-state index contributed by atoms with van der Waals surface area (Å²) in [5, 5.41) is 10.8. The van der Waals surface area contributed by atoms with Crippen molar-refractivity contribution in [2.45, 2.75) is 89.1 Å². The van der Waals surface area contributed by atoms with Crippen molar-refractivity contribution in [3.8, 4) is 34.5 Å². The van der Waals surface area contributed by atoms with Crippen LogP contribution < -0.4 is 59.1 Å². The van der Waals surface area contributed by atoms with Crippen LogP contribution in [0.15, 0.2) is 267 Å². The molecule has 3 unspecified atom stereocenters. The third-order valence-corrected chi connectivity index (χ3v) is 28.6. The smallest absolute Gasteiger partial charge is 0.264 e. The lowest BCUT2D eigenvalue weighted by Gasteiger charge is -2.39. The molecule has 30 heteroatoms. The van der Waals surface area contributed by atoms with Gasteiger partial charge in [0.1, 0.15) is 0 Å². The number of pyridine rings is 2. The number of methoxy groups -OCH3 is 6. The first kappa shape index (κ1) is 99.9. The van der Waals surface area contributed by atoms with Gasteiger partial charge in [0.2, 0.25) is 11.8 Å². The van der Waals surface area contributed by atoms with Crippen molar-refractivity contribution in [2.75, 3.05) is 156 Å². The van der Waals surface area contributed by atoms with Gasteiger partial charge in [-0.1, -0.05) is 133 Å². The van der Waals surface area contributed by atoms with Gasteiger partial charge in [0.15, 0.2) is 34.5 Å². The van der Waals surface area contributed by atoms with Crippen molar-refractivity contribution in [2.24, 2.45) is 0 Å². The van der Waals surface area contributed by atoms with E-state index >= 15 is 0 Å². The maximum absolute atomic E-state index is 14.4. The standard InChI is InChI=1S/C38H41N5O5.C37H39N5O5.C37H40N4O5S/c1-26(28-8-5-4-6-9-28)41-20-22-42(23-21-41)32-11-7-10-30-36(32)38(46)43(37(30)45)31(29-12-13-33(47-2)34(25-29)48-3)16-19-40-35(44)24-27-14-17-39-18-15-27;1-25(27-8-5-4-6-9-27)40-18-20-41(21-19-40)30-11-7-10-29-35(30)37(45)42(36(29)44)31(28-12-13-32(46-2)33(23-28)47-3)24-39-34(43)22-26-14-16-38-17-15-26;1-25(26-10-5-4-6-11-26)39-19-21-40(22-20-39)30-13-7-12-28-34(30)37(44)41(36(28)43)29(27-16-17-31(45-2)32(24-27)46-3)14-8-18-38-35(42)33-15-9-23-47-33/h4-15,17-18,25-26,31H,16,19-24H2,1-3H3,(H,40,44);4-17,23,25,31H,18-22,24H2,1-3H3,(H,39,43);4-7,9-13,15-17,23-25,29H,8,14,18-22H2,1-3H3,(H,38,42)/t26-,31?;25-,31?;25-,29?/m111/s1. The van der Waals surface area contributed by atoms with Gasteiger partial charge >= 0.3 is 0 Å². The molecule has 12 aromatic rings. The molecular formula is C112H120N14O15S. The van der Waals surface area contributed by atoms with E-state index < -0.39 is 24.0 Å². The highest BCUT2D eigenvalue weighted by atomic mass is 32.1. The van der Waals surface area contributed by atoms with E-state index in [-0.39, 0.29) is 91.3 Å². The zero-order valence-corrected chi connectivity index (χ0v) is 82.3. The number of anilines is 3. The van der Waals surface area contributed by atoms with Gasteiger partial charge in [-0.3, -0.25) is 82.5 Å². The van der Waals surface area contributed by atoms with E-state index in [0.717, 1.165) is 112 Å². The average molecular weight is 1930 g/mol. The second-order valence-electron chi connectivity index (χ2n) is 35.6. The minimum Gasteiger partial charge on any atom is -0.493 e. The summed E-state index contributed by atoms with van der Waals surface area (Å²) in [6.45, 7) is 16.8. The summed E-state index contributed by atoms with van der Waals surface area (Å²) in [6, 6.07) is 73.7. The first-order valence-electron chi connectivity index (χ1n) is 48.1. The number of thiophene rings is 1. The van der Waals surface area contributed by atoms with Crippen LogP contribution in [0, 0.1) is 0 Å². The molecule has 0 radical (unpaired) electrons.